The lowest BCUT2D eigenvalue weighted by molar-refractivity contribution is -0.140. The van der Waals surface area contributed by atoms with Crippen LogP contribution in [0.1, 0.15) is 38.5 Å². The highest BCUT2D eigenvalue weighted by Crippen LogP contribution is 2.17. The largest absolute Gasteiger partial charge is 0.361 e. The van der Waals surface area contributed by atoms with Crippen LogP contribution in [-0.2, 0) is 14.3 Å². The van der Waals surface area contributed by atoms with Crippen LogP contribution in [0.5, 0.6) is 0 Å². The second kappa shape index (κ2) is 7.45. The van der Waals surface area contributed by atoms with Crippen molar-refractivity contribution in [3.8, 4) is 0 Å². The Balaban J connectivity index is 1.65. The summed E-state index contributed by atoms with van der Waals surface area (Å²) in [5, 5.41) is 8.52. The fourth-order valence-corrected chi connectivity index (χ4v) is 2.51. The first-order chi connectivity index (χ1) is 9.25. The van der Waals surface area contributed by atoms with Crippen molar-refractivity contribution < 1.29 is 14.3 Å². The topological polar surface area (TPSA) is 79.5 Å². The second-order valence-electron chi connectivity index (χ2n) is 5.19. The van der Waals surface area contributed by atoms with E-state index in [1.807, 2.05) is 0 Å². The van der Waals surface area contributed by atoms with Crippen LogP contribution < -0.4 is 16.0 Å². The lowest BCUT2D eigenvalue weighted by Gasteiger charge is -2.25. The lowest BCUT2D eigenvalue weighted by Crippen LogP contribution is -2.50. The zero-order valence-electron chi connectivity index (χ0n) is 11.2. The molecule has 0 aromatic carbocycles. The van der Waals surface area contributed by atoms with E-state index >= 15 is 0 Å². The predicted molar refractivity (Wildman–Crippen MR) is 70.4 cm³/mol. The van der Waals surface area contributed by atoms with Gasteiger partial charge in [-0.3, -0.25) is 14.9 Å². The van der Waals surface area contributed by atoms with E-state index in [4.69, 9.17) is 4.74 Å². The van der Waals surface area contributed by atoms with Gasteiger partial charge in [0.15, 0.2) is 0 Å². The van der Waals surface area contributed by atoms with Crippen LogP contribution in [0.4, 0.5) is 0 Å². The number of hydrogen-bond donors (Lipinski definition) is 3. The molecule has 0 radical (unpaired) electrons. The van der Waals surface area contributed by atoms with Gasteiger partial charge in [0, 0.05) is 12.6 Å². The summed E-state index contributed by atoms with van der Waals surface area (Å²) < 4.78 is 5.40. The maximum absolute atomic E-state index is 11.7. The van der Waals surface area contributed by atoms with Gasteiger partial charge in [-0.25, -0.2) is 0 Å². The zero-order valence-corrected chi connectivity index (χ0v) is 11.2. The summed E-state index contributed by atoms with van der Waals surface area (Å²) >= 11 is 0. The predicted octanol–water partition coefficient (Wildman–Crippen LogP) is -0.113. The standard InChI is InChI=1S/C13H23N3O3/c17-12(15-9-11-14-7-4-8-19-11)13(18)16-10-5-2-1-3-6-10/h10-11,14H,1-9H2,(H,15,17)(H,16,18)/t11-/m0/s1. The molecule has 0 bridgehead atoms. The summed E-state index contributed by atoms with van der Waals surface area (Å²) in [4.78, 5) is 23.4. The number of hydrogen-bond acceptors (Lipinski definition) is 4. The third kappa shape index (κ3) is 4.80. The summed E-state index contributed by atoms with van der Waals surface area (Å²) in [6.45, 7) is 1.91. The van der Waals surface area contributed by atoms with E-state index in [0.717, 1.165) is 38.6 Å². The van der Waals surface area contributed by atoms with Crippen LogP contribution in [-0.4, -0.2) is 43.8 Å². The number of carbonyl (C=O) groups excluding carboxylic acids is 2. The molecule has 1 saturated heterocycles. The van der Waals surface area contributed by atoms with E-state index in [2.05, 4.69) is 16.0 Å². The van der Waals surface area contributed by atoms with Gasteiger partial charge in [0.1, 0.15) is 6.23 Å². The Labute approximate surface area is 113 Å². The molecule has 2 aliphatic rings. The van der Waals surface area contributed by atoms with Crippen molar-refractivity contribution in [3.63, 3.8) is 0 Å². The van der Waals surface area contributed by atoms with Crippen molar-refractivity contribution in [1.29, 1.82) is 0 Å². The van der Waals surface area contributed by atoms with Gasteiger partial charge >= 0.3 is 11.8 Å². The molecule has 2 amide bonds. The first-order valence-corrected chi connectivity index (χ1v) is 7.19. The van der Waals surface area contributed by atoms with Gasteiger partial charge < -0.3 is 15.4 Å². The van der Waals surface area contributed by atoms with Gasteiger partial charge in [-0.1, -0.05) is 19.3 Å². The normalized spacial score (nSPS) is 24.7. The number of amides is 2. The Morgan fingerprint density at radius 2 is 1.89 bits per heavy atom. The third-order valence-electron chi connectivity index (χ3n) is 3.61. The molecule has 1 aliphatic heterocycles. The first kappa shape index (κ1) is 14.3. The van der Waals surface area contributed by atoms with Crippen LogP contribution in [0.15, 0.2) is 0 Å². The summed E-state index contributed by atoms with van der Waals surface area (Å²) in [5.41, 5.74) is 0. The van der Waals surface area contributed by atoms with Crippen molar-refractivity contribution in [3.05, 3.63) is 0 Å². The number of carbonyl (C=O) groups is 2. The second-order valence-corrected chi connectivity index (χ2v) is 5.19. The van der Waals surface area contributed by atoms with E-state index in [0.29, 0.717) is 13.2 Å². The molecule has 6 heteroatoms. The molecule has 19 heavy (non-hydrogen) atoms. The molecule has 3 N–H and O–H groups in total. The summed E-state index contributed by atoms with van der Waals surface area (Å²) in [6.07, 6.45) is 6.24. The van der Waals surface area contributed by atoms with Crippen molar-refractivity contribution in [2.75, 3.05) is 19.7 Å². The highest BCUT2D eigenvalue weighted by molar-refractivity contribution is 6.35. The molecule has 0 spiro atoms. The lowest BCUT2D eigenvalue weighted by atomic mass is 9.95. The molecule has 0 aromatic heterocycles. The van der Waals surface area contributed by atoms with Gasteiger partial charge in [0.2, 0.25) is 0 Å². The van der Waals surface area contributed by atoms with Crippen molar-refractivity contribution in [1.82, 2.24) is 16.0 Å². The molecule has 1 heterocycles. The van der Waals surface area contributed by atoms with Crippen molar-refractivity contribution in [2.45, 2.75) is 50.8 Å². The number of ether oxygens (including phenoxy) is 1. The minimum Gasteiger partial charge on any atom is -0.361 e. The fourth-order valence-electron chi connectivity index (χ4n) is 2.51. The maximum atomic E-state index is 11.7. The molecule has 1 aliphatic carbocycles. The van der Waals surface area contributed by atoms with E-state index in [1.165, 1.54) is 6.42 Å². The van der Waals surface area contributed by atoms with Gasteiger partial charge in [0.25, 0.3) is 0 Å². The van der Waals surface area contributed by atoms with Gasteiger partial charge in [-0.15, -0.1) is 0 Å². The number of rotatable bonds is 3. The molecule has 0 unspecified atom stereocenters. The SMILES string of the molecule is O=C(NC[C@H]1NCCCO1)C(=O)NC1CCCCC1. The zero-order chi connectivity index (χ0) is 13.5. The molecule has 108 valence electrons. The average molecular weight is 269 g/mol. The first-order valence-electron chi connectivity index (χ1n) is 7.19. The Morgan fingerprint density at radius 1 is 1.11 bits per heavy atom. The van der Waals surface area contributed by atoms with Crippen molar-refractivity contribution in [2.24, 2.45) is 0 Å². The molecule has 0 aromatic rings. The molecule has 1 saturated carbocycles. The van der Waals surface area contributed by atoms with Crippen LogP contribution in [0, 0.1) is 0 Å². The fraction of sp³-hybridized carbons (Fsp3) is 0.846. The van der Waals surface area contributed by atoms with Gasteiger partial charge in [-0.2, -0.15) is 0 Å². The molecule has 1 atom stereocenters. The van der Waals surface area contributed by atoms with Crippen LogP contribution >= 0.6 is 0 Å². The van der Waals surface area contributed by atoms with E-state index in [-0.39, 0.29) is 12.3 Å². The van der Waals surface area contributed by atoms with E-state index in [9.17, 15) is 9.59 Å². The molecular formula is C13H23N3O3. The summed E-state index contributed by atoms with van der Waals surface area (Å²) in [5.74, 6) is -1.09. The third-order valence-corrected chi connectivity index (χ3v) is 3.61. The Kier molecular flexibility index (Phi) is 5.60. The van der Waals surface area contributed by atoms with Gasteiger partial charge in [0.05, 0.1) is 6.54 Å². The Hall–Kier alpha value is -1.14. The summed E-state index contributed by atoms with van der Waals surface area (Å²) in [6, 6.07) is 0.163. The highest BCUT2D eigenvalue weighted by Gasteiger charge is 2.21. The Bertz CT molecular complexity index is 310. The van der Waals surface area contributed by atoms with Crippen LogP contribution in [0.25, 0.3) is 0 Å². The monoisotopic (exact) mass is 269 g/mol. The molecule has 2 fully saturated rings. The van der Waals surface area contributed by atoms with Crippen molar-refractivity contribution >= 4 is 11.8 Å². The molecule has 6 nitrogen and oxygen atoms in total. The highest BCUT2D eigenvalue weighted by atomic mass is 16.5. The molecular weight excluding hydrogens is 246 g/mol. The van der Waals surface area contributed by atoms with Crippen LogP contribution in [0.2, 0.25) is 0 Å². The van der Waals surface area contributed by atoms with Crippen LogP contribution in [0.3, 0.4) is 0 Å². The average Bonchev–Trinajstić information content (AvgIpc) is 2.47. The summed E-state index contributed by atoms with van der Waals surface area (Å²) in [7, 11) is 0. The quantitative estimate of drug-likeness (QED) is 0.625. The minimum absolute atomic E-state index is 0.163. The maximum Gasteiger partial charge on any atom is 0.309 e. The minimum atomic E-state index is -0.568. The Morgan fingerprint density at radius 3 is 2.58 bits per heavy atom. The van der Waals surface area contributed by atoms with E-state index < -0.39 is 11.8 Å². The molecule has 2 rings (SSSR count). The smallest absolute Gasteiger partial charge is 0.309 e. The van der Waals surface area contributed by atoms with E-state index in [1.54, 1.807) is 0 Å². The number of nitrogens with one attached hydrogen (secondary N) is 3. The van der Waals surface area contributed by atoms with Gasteiger partial charge in [-0.05, 0) is 25.8 Å².